The first-order valence-corrected chi connectivity index (χ1v) is 5.70. The third-order valence-electron chi connectivity index (χ3n) is 3.39. The molecule has 0 N–H and O–H groups in total. The summed E-state index contributed by atoms with van der Waals surface area (Å²) in [6.07, 6.45) is 2.35. The third kappa shape index (κ3) is 1.86. The average molecular weight is 196 g/mol. The molecule has 3 nitrogen and oxygen atoms in total. The van der Waals surface area contributed by atoms with E-state index in [2.05, 4.69) is 13.8 Å². The fourth-order valence-corrected chi connectivity index (χ4v) is 2.42. The predicted molar refractivity (Wildman–Crippen MR) is 56.1 cm³/mol. The molecule has 0 aliphatic carbocycles. The predicted octanol–water partition coefficient (Wildman–Crippen LogP) is 1.79. The van der Waals surface area contributed by atoms with Crippen molar-refractivity contribution in [3.63, 3.8) is 0 Å². The van der Waals surface area contributed by atoms with Crippen molar-refractivity contribution in [2.45, 2.75) is 26.7 Å². The van der Waals surface area contributed by atoms with Crippen LogP contribution in [-0.4, -0.2) is 42.0 Å². The number of carbonyl (C=O) groups is 1. The number of nitrogens with zero attached hydrogens (tertiary/aromatic N) is 2. The Balaban J connectivity index is 1.89. The summed E-state index contributed by atoms with van der Waals surface area (Å²) in [5, 5.41) is 0. The monoisotopic (exact) mass is 196 g/mol. The molecule has 0 radical (unpaired) electrons. The van der Waals surface area contributed by atoms with Gasteiger partial charge >= 0.3 is 6.03 Å². The maximum absolute atomic E-state index is 12.0. The smallest absolute Gasteiger partial charge is 0.320 e. The van der Waals surface area contributed by atoms with Crippen LogP contribution in [0.25, 0.3) is 0 Å². The van der Waals surface area contributed by atoms with Crippen LogP contribution >= 0.6 is 0 Å². The topological polar surface area (TPSA) is 23.6 Å². The molecule has 2 aliphatic rings. The molecule has 0 bridgehead atoms. The molecule has 2 saturated heterocycles. The fourth-order valence-electron chi connectivity index (χ4n) is 2.42. The number of urea groups is 1. The molecular formula is C11H20N2O. The highest BCUT2D eigenvalue weighted by Crippen LogP contribution is 2.21. The Kier molecular flexibility index (Phi) is 2.66. The maximum atomic E-state index is 12.0. The summed E-state index contributed by atoms with van der Waals surface area (Å²) in [7, 11) is 0. The fraction of sp³-hybridized carbons (Fsp3) is 0.909. The molecule has 3 heteroatoms. The molecule has 2 fully saturated rings. The molecule has 2 atom stereocenters. The van der Waals surface area contributed by atoms with Crippen molar-refractivity contribution in [1.29, 1.82) is 0 Å². The van der Waals surface area contributed by atoms with Crippen molar-refractivity contribution in [3.8, 4) is 0 Å². The van der Waals surface area contributed by atoms with Gasteiger partial charge in [-0.1, -0.05) is 13.8 Å². The average Bonchev–Trinajstić information content (AvgIpc) is 2.73. The van der Waals surface area contributed by atoms with Crippen LogP contribution in [0.2, 0.25) is 0 Å². The van der Waals surface area contributed by atoms with E-state index in [9.17, 15) is 4.79 Å². The number of likely N-dealkylation sites (tertiary alicyclic amines) is 2. The zero-order valence-electron chi connectivity index (χ0n) is 9.20. The molecular weight excluding hydrogens is 176 g/mol. The van der Waals surface area contributed by atoms with Crippen LogP contribution in [0.15, 0.2) is 0 Å². The van der Waals surface area contributed by atoms with E-state index in [0.29, 0.717) is 11.8 Å². The Bertz CT molecular complexity index is 207. The first kappa shape index (κ1) is 9.81. The number of rotatable bonds is 0. The van der Waals surface area contributed by atoms with E-state index in [1.165, 1.54) is 12.8 Å². The molecule has 0 aromatic carbocycles. The van der Waals surface area contributed by atoms with Crippen molar-refractivity contribution in [3.05, 3.63) is 0 Å². The van der Waals surface area contributed by atoms with Gasteiger partial charge in [0, 0.05) is 26.2 Å². The quantitative estimate of drug-likeness (QED) is 0.579. The molecule has 2 aliphatic heterocycles. The lowest BCUT2D eigenvalue weighted by Crippen LogP contribution is -2.40. The molecule has 2 rings (SSSR count). The standard InChI is InChI=1S/C11H20N2O/c1-9-3-5-12(7-9)11(14)13-6-4-10(2)8-13/h9-10H,3-8H2,1-2H3. The first-order chi connectivity index (χ1) is 6.66. The van der Waals surface area contributed by atoms with E-state index in [-0.39, 0.29) is 6.03 Å². The summed E-state index contributed by atoms with van der Waals surface area (Å²) in [5.74, 6) is 1.39. The van der Waals surface area contributed by atoms with Crippen LogP contribution in [0.5, 0.6) is 0 Å². The molecule has 80 valence electrons. The van der Waals surface area contributed by atoms with Gasteiger partial charge in [-0.25, -0.2) is 4.79 Å². The van der Waals surface area contributed by atoms with Crippen LogP contribution < -0.4 is 0 Å². The highest BCUT2D eigenvalue weighted by Gasteiger charge is 2.30. The molecule has 0 aromatic heterocycles. The minimum Gasteiger partial charge on any atom is -0.324 e. The number of carbonyl (C=O) groups excluding carboxylic acids is 1. The third-order valence-corrected chi connectivity index (χ3v) is 3.39. The van der Waals surface area contributed by atoms with Crippen molar-refractivity contribution < 1.29 is 4.79 Å². The minimum absolute atomic E-state index is 0.277. The molecule has 2 heterocycles. The molecule has 14 heavy (non-hydrogen) atoms. The van der Waals surface area contributed by atoms with E-state index in [4.69, 9.17) is 0 Å². The molecule has 0 saturated carbocycles. The van der Waals surface area contributed by atoms with Crippen molar-refractivity contribution in [2.24, 2.45) is 11.8 Å². The second-order valence-corrected chi connectivity index (χ2v) is 4.96. The van der Waals surface area contributed by atoms with Crippen molar-refractivity contribution >= 4 is 6.03 Å². The number of amides is 2. The maximum Gasteiger partial charge on any atom is 0.320 e. The van der Waals surface area contributed by atoms with Gasteiger partial charge < -0.3 is 9.80 Å². The van der Waals surface area contributed by atoms with Gasteiger partial charge in [-0.3, -0.25) is 0 Å². The molecule has 2 unspecified atom stereocenters. The summed E-state index contributed by atoms with van der Waals surface area (Å²) in [5.41, 5.74) is 0. The van der Waals surface area contributed by atoms with E-state index in [1.807, 2.05) is 9.80 Å². The molecule has 2 amide bonds. The molecule has 0 spiro atoms. The summed E-state index contributed by atoms with van der Waals surface area (Å²) in [4.78, 5) is 16.0. The lowest BCUT2D eigenvalue weighted by Gasteiger charge is -2.24. The van der Waals surface area contributed by atoms with Gasteiger partial charge in [0.2, 0.25) is 0 Å². The summed E-state index contributed by atoms with van der Waals surface area (Å²) < 4.78 is 0. The molecule has 0 aromatic rings. The van der Waals surface area contributed by atoms with Gasteiger partial charge in [0.25, 0.3) is 0 Å². The Morgan fingerprint density at radius 2 is 1.43 bits per heavy atom. The Labute approximate surface area is 86.1 Å². The number of hydrogen-bond acceptors (Lipinski definition) is 1. The zero-order chi connectivity index (χ0) is 10.1. The SMILES string of the molecule is CC1CCN(C(=O)N2CCC(C)C2)C1. The largest absolute Gasteiger partial charge is 0.324 e. The van der Waals surface area contributed by atoms with E-state index < -0.39 is 0 Å². The van der Waals surface area contributed by atoms with Crippen molar-refractivity contribution in [2.75, 3.05) is 26.2 Å². The van der Waals surface area contributed by atoms with Crippen LogP contribution in [-0.2, 0) is 0 Å². The van der Waals surface area contributed by atoms with Crippen LogP contribution in [0.4, 0.5) is 4.79 Å². The van der Waals surface area contributed by atoms with E-state index in [0.717, 1.165) is 26.2 Å². The second-order valence-electron chi connectivity index (χ2n) is 4.96. The van der Waals surface area contributed by atoms with Gasteiger partial charge in [-0.2, -0.15) is 0 Å². The Morgan fingerprint density at radius 1 is 1.00 bits per heavy atom. The van der Waals surface area contributed by atoms with Gasteiger partial charge in [0.15, 0.2) is 0 Å². The summed E-state index contributed by atoms with van der Waals surface area (Å²) in [6.45, 7) is 8.29. The first-order valence-electron chi connectivity index (χ1n) is 5.70. The van der Waals surface area contributed by atoms with Gasteiger partial charge in [-0.05, 0) is 24.7 Å². The minimum atomic E-state index is 0.277. The van der Waals surface area contributed by atoms with Crippen LogP contribution in [0.3, 0.4) is 0 Å². The van der Waals surface area contributed by atoms with E-state index in [1.54, 1.807) is 0 Å². The normalized spacial score (nSPS) is 32.7. The Hall–Kier alpha value is -0.730. The van der Waals surface area contributed by atoms with Crippen LogP contribution in [0.1, 0.15) is 26.7 Å². The van der Waals surface area contributed by atoms with Gasteiger partial charge in [0.1, 0.15) is 0 Å². The summed E-state index contributed by atoms with van der Waals surface area (Å²) in [6, 6.07) is 0.277. The number of hydrogen-bond donors (Lipinski definition) is 0. The van der Waals surface area contributed by atoms with Gasteiger partial charge in [0.05, 0.1) is 0 Å². The van der Waals surface area contributed by atoms with Crippen molar-refractivity contribution in [1.82, 2.24) is 9.80 Å². The van der Waals surface area contributed by atoms with Crippen LogP contribution in [0, 0.1) is 11.8 Å². The van der Waals surface area contributed by atoms with Gasteiger partial charge in [-0.15, -0.1) is 0 Å². The highest BCUT2D eigenvalue weighted by molar-refractivity contribution is 5.75. The Morgan fingerprint density at radius 3 is 1.71 bits per heavy atom. The lowest BCUT2D eigenvalue weighted by molar-refractivity contribution is 0.170. The highest BCUT2D eigenvalue weighted by atomic mass is 16.2. The lowest BCUT2D eigenvalue weighted by atomic mass is 10.2. The zero-order valence-corrected chi connectivity index (χ0v) is 9.20. The van der Waals surface area contributed by atoms with E-state index >= 15 is 0 Å². The summed E-state index contributed by atoms with van der Waals surface area (Å²) >= 11 is 0. The second kappa shape index (κ2) is 3.79.